The molecule has 50 valence electrons. The Bertz CT molecular complexity index is 203. The Morgan fingerprint density at radius 2 is 2.11 bits per heavy atom. The standard InChI is InChI=1S/C7H11NO/c1-5-4-7(8-3)6(2)9-5/h4,8H,1-3H3. The summed E-state index contributed by atoms with van der Waals surface area (Å²) in [7, 11) is 1.89. The van der Waals surface area contributed by atoms with E-state index in [0.29, 0.717) is 0 Å². The third-order valence-corrected chi connectivity index (χ3v) is 1.31. The highest BCUT2D eigenvalue weighted by Crippen LogP contribution is 2.17. The summed E-state index contributed by atoms with van der Waals surface area (Å²) in [6.45, 7) is 3.88. The molecule has 0 fully saturated rings. The molecule has 1 aromatic heterocycles. The smallest absolute Gasteiger partial charge is 0.124 e. The van der Waals surface area contributed by atoms with Gasteiger partial charge in [-0.3, -0.25) is 0 Å². The van der Waals surface area contributed by atoms with Crippen LogP contribution in [-0.4, -0.2) is 7.05 Å². The van der Waals surface area contributed by atoms with E-state index in [-0.39, 0.29) is 0 Å². The van der Waals surface area contributed by atoms with Gasteiger partial charge in [-0.05, 0) is 13.8 Å². The largest absolute Gasteiger partial charge is 0.464 e. The van der Waals surface area contributed by atoms with Gasteiger partial charge in [0.15, 0.2) is 0 Å². The summed E-state index contributed by atoms with van der Waals surface area (Å²) in [6.07, 6.45) is 0. The number of furan rings is 1. The summed E-state index contributed by atoms with van der Waals surface area (Å²) in [6, 6.07) is 1.98. The van der Waals surface area contributed by atoms with Crippen molar-refractivity contribution in [3.8, 4) is 0 Å². The van der Waals surface area contributed by atoms with Crippen LogP contribution in [0.4, 0.5) is 5.69 Å². The van der Waals surface area contributed by atoms with Gasteiger partial charge in [-0.25, -0.2) is 0 Å². The van der Waals surface area contributed by atoms with Gasteiger partial charge in [0.2, 0.25) is 0 Å². The van der Waals surface area contributed by atoms with E-state index in [0.717, 1.165) is 17.2 Å². The minimum atomic E-state index is 0.954. The molecule has 0 unspecified atom stereocenters. The zero-order chi connectivity index (χ0) is 6.85. The van der Waals surface area contributed by atoms with Crippen LogP contribution >= 0.6 is 0 Å². The van der Waals surface area contributed by atoms with Crippen LogP contribution in [0.2, 0.25) is 0 Å². The molecule has 0 aliphatic rings. The maximum atomic E-state index is 5.24. The average molecular weight is 125 g/mol. The first-order valence-corrected chi connectivity index (χ1v) is 2.99. The Morgan fingerprint density at radius 1 is 1.44 bits per heavy atom. The van der Waals surface area contributed by atoms with Gasteiger partial charge in [-0.15, -0.1) is 0 Å². The van der Waals surface area contributed by atoms with E-state index in [2.05, 4.69) is 5.32 Å². The molecule has 2 nitrogen and oxygen atoms in total. The topological polar surface area (TPSA) is 25.2 Å². The minimum absolute atomic E-state index is 0.954. The third-order valence-electron chi connectivity index (χ3n) is 1.31. The fourth-order valence-electron chi connectivity index (χ4n) is 0.879. The Kier molecular flexibility index (Phi) is 1.47. The van der Waals surface area contributed by atoms with E-state index in [9.17, 15) is 0 Å². The molecule has 0 radical (unpaired) electrons. The first-order valence-electron chi connectivity index (χ1n) is 2.99. The molecule has 9 heavy (non-hydrogen) atoms. The summed E-state index contributed by atoms with van der Waals surface area (Å²) in [5.74, 6) is 1.91. The lowest BCUT2D eigenvalue weighted by Gasteiger charge is -1.91. The zero-order valence-corrected chi connectivity index (χ0v) is 5.99. The minimum Gasteiger partial charge on any atom is -0.464 e. The highest BCUT2D eigenvalue weighted by molar-refractivity contribution is 5.46. The van der Waals surface area contributed by atoms with Gasteiger partial charge in [0.1, 0.15) is 11.5 Å². The molecule has 0 aromatic carbocycles. The van der Waals surface area contributed by atoms with Gasteiger partial charge in [-0.1, -0.05) is 0 Å². The molecule has 0 bridgehead atoms. The van der Waals surface area contributed by atoms with Crippen molar-refractivity contribution in [1.82, 2.24) is 0 Å². The lowest BCUT2D eigenvalue weighted by atomic mass is 10.4. The molecule has 1 N–H and O–H groups in total. The fraction of sp³-hybridized carbons (Fsp3) is 0.429. The summed E-state index contributed by atoms with van der Waals surface area (Å²) < 4.78 is 5.24. The van der Waals surface area contributed by atoms with E-state index in [1.807, 2.05) is 27.0 Å². The van der Waals surface area contributed by atoms with Crippen LogP contribution in [0.25, 0.3) is 0 Å². The molecule has 0 atom stereocenters. The number of rotatable bonds is 1. The van der Waals surface area contributed by atoms with Gasteiger partial charge >= 0.3 is 0 Å². The van der Waals surface area contributed by atoms with Crippen molar-refractivity contribution in [3.05, 3.63) is 17.6 Å². The molecule has 0 amide bonds. The summed E-state index contributed by atoms with van der Waals surface area (Å²) in [5, 5.41) is 3.02. The highest BCUT2D eigenvalue weighted by atomic mass is 16.3. The lowest BCUT2D eigenvalue weighted by molar-refractivity contribution is 0.505. The first kappa shape index (κ1) is 6.20. The van der Waals surface area contributed by atoms with E-state index in [4.69, 9.17) is 4.42 Å². The van der Waals surface area contributed by atoms with Gasteiger partial charge in [0.05, 0.1) is 5.69 Å². The van der Waals surface area contributed by atoms with Gasteiger partial charge in [0.25, 0.3) is 0 Å². The number of nitrogens with one attached hydrogen (secondary N) is 1. The normalized spacial score (nSPS) is 9.67. The van der Waals surface area contributed by atoms with Crippen LogP contribution in [0.3, 0.4) is 0 Å². The van der Waals surface area contributed by atoms with Crippen molar-refractivity contribution >= 4 is 5.69 Å². The monoisotopic (exact) mass is 125 g/mol. The van der Waals surface area contributed by atoms with Crippen LogP contribution in [-0.2, 0) is 0 Å². The molecule has 2 heteroatoms. The van der Waals surface area contributed by atoms with Crippen LogP contribution in [0.15, 0.2) is 10.5 Å². The van der Waals surface area contributed by atoms with E-state index < -0.39 is 0 Å². The van der Waals surface area contributed by atoms with Crippen molar-refractivity contribution in [2.24, 2.45) is 0 Å². The van der Waals surface area contributed by atoms with Crippen LogP contribution in [0.1, 0.15) is 11.5 Å². The maximum absolute atomic E-state index is 5.24. The Hall–Kier alpha value is -0.920. The summed E-state index contributed by atoms with van der Waals surface area (Å²) in [4.78, 5) is 0. The average Bonchev–Trinajstić information content (AvgIpc) is 2.10. The quantitative estimate of drug-likeness (QED) is 0.620. The predicted molar refractivity (Wildman–Crippen MR) is 37.7 cm³/mol. The molecule has 0 aliphatic heterocycles. The SMILES string of the molecule is CNc1cc(C)oc1C. The first-order chi connectivity index (χ1) is 4.24. The van der Waals surface area contributed by atoms with Gasteiger partial charge < -0.3 is 9.73 Å². The van der Waals surface area contributed by atoms with Gasteiger partial charge in [-0.2, -0.15) is 0 Å². The molecule has 0 spiro atoms. The molecular weight excluding hydrogens is 114 g/mol. The van der Waals surface area contributed by atoms with Crippen LogP contribution in [0, 0.1) is 13.8 Å². The zero-order valence-electron chi connectivity index (χ0n) is 5.99. The summed E-state index contributed by atoms with van der Waals surface area (Å²) >= 11 is 0. The molecule has 0 aliphatic carbocycles. The number of hydrogen-bond donors (Lipinski definition) is 1. The van der Waals surface area contributed by atoms with E-state index in [1.54, 1.807) is 0 Å². The Balaban J connectivity index is 3.01. The van der Waals surface area contributed by atoms with Crippen molar-refractivity contribution < 1.29 is 4.42 Å². The maximum Gasteiger partial charge on any atom is 0.124 e. The summed E-state index contributed by atoms with van der Waals surface area (Å²) in [5.41, 5.74) is 1.08. The molecule has 0 saturated heterocycles. The Labute approximate surface area is 54.9 Å². The number of hydrogen-bond acceptors (Lipinski definition) is 2. The van der Waals surface area contributed by atoms with Crippen molar-refractivity contribution in [2.75, 3.05) is 12.4 Å². The van der Waals surface area contributed by atoms with Gasteiger partial charge in [0, 0.05) is 13.1 Å². The second kappa shape index (κ2) is 2.13. The molecule has 1 aromatic rings. The molecule has 1 heterocycles. The second-order valence-corrected chi connectivity index (χ2v) is 2.08. The van der Waals surface area contributed by atoms with E-state index >= 15 is 0 Å². The molecule has 1 rings (SSSR count). The van der Waals surface area contributed by atoms with E-state index in [1.165, 1.54) is 0 Å². The van der Waals surface area contributed by atoms with Crippen LogP contribution in [0.5, 0.6) is 0 Å². The Morgan fingerprint density at radius 3 is 2.33 bits per heavy atom. The van der Waals surface area contributed by atoms with Crippen LogP contribution < -0.4 is 5.32 Å². The fourth-order valence-corrected chi connectivity index (χ4v) is 0.879. The second-order valence-electron chi connectivity index (χ2n) is 2.08. The lowest BCUT2D eigenvalue weighted by Crippen LogP contribution is -1.85. The molecule has 0 saturated carbocycles. The van der Waals surface area contributed by atoms with Crippen molar-refractivity contribution in [1.29, 1.82) is 0 Å². The van der Waals surface area contributed by atoms with Crippen molar-refractivity contribution in [3.63, 3.8) is 0 Å². The van der Waals surface area contributed by atoms with Crippen molar-refractivity contribution in [2.45, 2.75) is 13.8 Å². The third kappa shape index (κ3) is 1.07. The predicted octanol–water partition coefficient (Wildman–Crippen LogP) is 1.94. The molecular formula is C7H11NO. The number of anilines is 1. The highest BCUT2D eigenvalue weighted by Gasteiger charge is 1.99. The number of aryl methyl sites for hydroxylation is 2.